The summed E-state index contributed by atoms with van der Waals surface area (Å²) >= 11 is 5.21. The van der Waals surface area contributed by atoms with Crippen LogP contribution in [0.4, 0.5) is 0 Å². The Morgan fingerprint density at radius 1 is 1.25 bits per heavy atom. The van der Waals surface area contributed by atoms with Gasteiger partial charge in [-0.2, -0.15) is 5.26 Å². The lowest BCUT2D eigenvalue weighted by Crippen LogP contribution is -2.31. The standard InChI is InChI=1S/C15H15N3OS/c1-11-7-12(2)9-13(8-11)10-18-14(20)3-5-17(6-4-16)15(18)19/h3,5,7-9H,6,10H2,1-2H3. The van der Waals surface area contributed by atoms with Gasteiger partial charge in [-0.1, -0.05) is 41.5 Å². The first kappa shape index (κ1) is 14.2. The summed E-state index contributed by atoms with van der Waals surface area (Å²) in [6.07, 6.45) is 1.56. The minimum absolute atomic E-state index is 0.0291. The number of aryl methyl sites for hydroxylation is 2. The first-order valence-electron chi connectivity index (χ1n) is 6.25. The molecule has 4 nitrogen and oxygen atoms in total. The van der Waals surface area contributed by atoms with Gasteiger partial charge in [-0.05, 0) is 25.5 Å². The molecule has 0 spiro atoms. The predicted molar refractivity (Wildman–Crippen MR) is 80.2 cm³/mol. The number of nitriles is 1. The molecule has 0 aliphatic rings. The molecule has 1 aromatic heterocycles. The second-order valence-corrected chi connectivity index (χ2v) is 5.22. The molecule has 5 heteroatoms. The van der Waals surface area contributed by atoms with Gasteiger partial charge in [0.2, 0.25) is 0 Å². The Morgan fingerprint density at radius 2 is 1.90 bits per heavy atom. The van der Waals surface area contributed by atoms with E-state index in [2.05, 4.69) is 6.07 Å². The average Bonchev–Trinajstić information content (AvgIpc) is 2.37. The van der Waals surface area contributed by atoms with Gasteiger partial charge in [-0.3, -0.25) is 9.13 Å². The summed E-state index contributed by atoms with van der Waals surface area (Å²) in [5, 5.41) is 8.72. The van der Waals surface area contributed by atoms with E-state index >= 15 is 0 Å². The van der Waals surface area contributed by atoms with Crippen molar-refractivity contribution in [1.29, 1.82) is 5.26 Å². The second kappa shape index (κ2) is 5.85. The van der Waals surface area contributed by atoms with Crippen LogP contribution in [-0.2, 0) is 13.1 Å². The molecule has 0 aliphatic heterocycles. The van der Waals surface area contributed by atoms with E-state index in [0.717, 1.165) is 16.7 Å². The molecule has 0 bridgehead atoms. The summed E-state index contributed by atoms with van der Waals surface area (Å²) < 4.78 is 3.35. The summed E-state index contributed by atoms with van der Waals surface area (Å²) in [5.74, 6) is 0. The molecule has 0 N–H and O–H groups in total. The van der Waals surface area contributed by atoms with Crippen molar-refractivity contribution >= 4 is 12.2 Å². The van der Waals surface area contributed by atoms with Crippen LogP contribution in [0, 0.1) is 29.8 Å². The lowest BCUT2D eigenvalue weighted by molar-refractivity contribution is 0.631. The van der Waals surface area contributed by atoms with Crippen LogP contribution in [0.3, 0.4) is 0 Å². The molecule has 0 saturated heterocycles. The summed E-state index contributed by atoms with van der Waals surface area (Å²) in [5.41, 5.74) is 3.09. The van der Waals surface area contributed by atoms with E-state index in [9.17, 15) is 4.79 Å². The quantitative estimate of drug-likeness (QED) is 0.814. The largest absolute Gasteiger partial charge is 0.330 e. The fraction of sp³-hybridized carbons (Fsp3) is 0.267. The van der Waals surface area contributed by atoms with Crippen LogP contribution in [-0.4, -0.2) is 9.13 Å². The van der Waals surface area contributed by atoms with E-state index in [1.165, 1.54) is 9.13 Å². The van der Waals surface area contributed by atoms with Crippen LogP contribution in [0.2, 0.25) is 0 Å². The van der Waals surface area contributed by atoms with Gasteiger partial charge in [0.15, 0.2) is 0 Å². The summed E-state index contributed by atoms with van der Waals surface area (Å²) in [6.45, 7) is 4.50. The Morgan fingerprint density at radius 3 is 2.50 bits per heavy atom. The van der Waals surface area contributed by atoms with Gasteiger partial charge in [-0.15, -0.1) is 0 Å². The third kappa shape index (κ3) is 3.03. The van der Waals surface area contributed by atoms with Gasteiger partial charge in [0.05, 0.1) is 12.6 Å². The van der Waals surface area contributed by atoms with Gasteiger partial charge < -0.3 is 0 Å². The molecule has 0 unspecified atom stereocenters. The second-order valence-electron chi connectivity index (χ2n) is 4.80. The minimum Gasteiger partial charge on any atom is -0.287 e. The molecule has 0 atom stereocenters. The molecule has 1 aromatic carbocycles. The molecule has 20 heavy (non-hydrogen) atoms. The Balaban J connectivity index is 2.48. The van der Waals surface area contributed by atoms with E-state index in [4.69, 9.17) is 17.5 Å². The lowest BCUT2D eigenvalue weighted by Gasteiger charge is -2.10. The van der Waals surface area contributed by atoms with E-state index in [1.54, 1.807) is 12.3 Å². The molecule has 102 valence electrons. The summed E-state index contributed by atoms with van der Waals surface area (Å²) in [4.78, 5) is 12.3. The Labute approximate surface area is 122 Å². The number of hydrogen-bond donors (Lipinski definition) is 0. The van der Waals surface area contributed by atoms with Gasteiger partial charge in [0.1, 0.15) is 11.2 Å². The summed E-state index contributed by atoms with van der Waals surface area (Å²) in [7, 11) is 0. The third-order valence-electron chi connectivity index (χ3n) is 3.00. The maximum atomic E-state index is 12.3. The van der Waals surface area contributed by atoms with Crippen LogP contribution in [0.15, 0.2) is 35.3 Å². The van der Waals surface area contributed by atoms with Crippen molar-refractivity contribution in [3.05, 3.63) is 62.3 Å². The van der Waals surface area contributed by atoms with E-state index in [-0.39, 0.29) is 12.2 Å². The SMILES string of the molecule is Cc1cc(C)cc(Cn2c(=S)ccn(CC#N)c2=O)c1. The average molecular weight is 285 g/mol. The fourth-order valence-electron chi connectivity index (χ4n) is 2.24. The van der Waals surface area contributed by atoms with Crippen molar-refractivity contribution in [1.82, 2.24) is 9.13 Å². The van der Waals surface area contributed by atoms with Crippen molar-refractivity contribution in [2.45, 2.75) is 26.9 Å². The highest BCUT2D eigenvalue weighted by atomic mass is 32.1. The zero-order valence-corrected chi connectivity index (χ0v) is 12.3. The van der Waals surface area contributed by atoms with Crippen molar-refractivity contribution in [3.63, 3.8) is 0 Å². The highest BCUT2D eigenvalue weighted by molar-refractivity contribution is 7.71. The molecule has 2 aromatic rings. The lowest BCUT2D eigenvalue weighted by atomic mass is 10.1. The molecule has 0 fully saturated rings. The normalized spacial score (nSPS) is 10.2. The van der Waals surface area contributed by atoms with E-state index in [1.807, 2.05) is 32.0 Å². The third-order valence-corrected chi connectivity index (χ3v) is 3.36. The molecule has 1 heterocycles. The smallest absolute Gasteiger partial charge is 0.287 e. The number of hydrogen-bond acceptors (Lipinski definition) is 3. The van der Waals surface area contributed by atoms with Crippen LogP contribution in [0.5, 0.6) is 0 Å². The topological polar surface area (TPSA) is 50.7 Å². The van der Waals surface area contributed by atoms with Crippen LogP contribution >= 0.6 is 12.2 Å². The minimum atomic E-state index is -0.252. The van der Waals surface area contributed by atoms with Gasteiger partial charge in [0.25, 0.3) is 0 Å². The maximum absolute atomic E-state index is 12.3. The number of rotatable bonds is 3. The van der Waals surface area contributed by atoms with Crippen LogP contribution in [0.1, 0.15) is 16.7 Å². The number of aromatic nitrogens is 2. The monoisotopic (exact) mass is 285 g/mol. The Hall–Kier alpha value is -2.19. The van der Waals surface area contributed by atoms with E-state index in [0.29, 0.717) is 11.2 Å². The van der Waals surface area contributed by atoms with E-state index < -0.39 is 0 Å². The van der Waals surface area contributed by atoms with Gasteiger partial charge in [0, 0.05) is 6.20 Å². The number of benzene rings is 1. The summed E-state index contributed by atoms with van der Waals surface area (Å²) in [6, 6.07) is 9.81. The molecule has 0 amide bonds. The molecular formula is C15H15N3OS. The van der Waals surface area contributed by atoms with Gasteiger partial charge in [-0.25, -0.2) is 4.79 Å². The molecule has 2 rings (SSSR count). The zero-order chi connectivity index (χ0) is 14.7. The van der Waals surface area contributed by atoms with Crippen molar-refractivity contribution < 1.29 is 0 Å². The number of nitrogens with zero attached hydrogens (tertiary/aromatic N) is 3. The Bertz CT molecular complexity index is 776. The predicted octanol–water partition coefficient (Wildman–Crippen LogP) is 2.57. The molecule has 0 radical (unpaired) electrons. The first-order chi connectivity index (χ1) is 9.51. The first-order valence-corrected chi connectivity index (χ1v) is 6.66. The van der Waals surface area contributed by atoms with Crippen molar-refractivity contribution in [2.24, 2.45) is 0 Å². The van der Waals surface area contributed by atoms with Crippen LogP contribution < -0.4 is 5.69 Å². The maximum Gasteiger partial charge on any atom is 0.330 e. The Kier molecular flexibility index (Phi) is 4.16. The fourth-order valence-corrected chi connectivity index (χ4v) is 2.45. The van der Waals surface area contributed by atoms with Crippen molar-refractivity contribution in [2.75, 3.05) is 0 Å². The van der Waals surface area contributed by atoms with Crippen LogP contribution in [0.25, 0.3) is 0 Å². The molecule has 0 saturated carbocycles. The highest BCUT2D eigenvalue weighted by Gasteiger charge is 2.05. The molecular weight excluding hydrogens is 270 g/mol. The molecule has 0 aliphatic carbocycles. The zero-order valence-electron chi connectivity index (χ0n) is 11.5. The van der Waals surface area contributed by atoms with Crippen molar-refractivity contribution in [3.8, 4) is 6.07 Å². The van der Waals surface area contributed by atoms with Gasteiger partial charge >= 0.3 is 5.69 Å². The highest BCUT2D eigenvalue weighted by Crippen LogP contribution is 2.10.